The maximum Gasteiger partial charge on any atom is 0.259 e. The van der Waals surface area contributed by atoms with Gasteiger partial charge in [-0.15, -0.1) is 0 Å². The summed E-state index contributed by atoms with van der Waals surface area (Å²) in [5.41, 5.74) is 3.88. The van der Waals surface area contributed by atoms with Crippen LogP contribution in [0.15, 0.2) is 76.5 Å². The second kappa shape index (κ2) is 8.36. The number of anilines is 1. The average molecular weight is 445 g/mol. The second-order valence-electron chi connectivity index (χ2n) is 8.11. The summed E-state index contributed by atoms with van der Waals surface area (Å²) < 4.78 is 13.3. The molecule has 32 heavy (non-hydrogen) atoms. The molecule has 0 radical (unpaired) electrons. The minimum Gasteiger partial charge on any atom is -0.345 e. The molecule has 0 saturated carbocycles. The number of amides is 2. The zero-order chi connectivity index (χ0) is 22.2. The Morgan fingerprint density at radius 2 is 1.84 bits per heavy atom. The van der Waals surface area contributed by atoms with Crippen molar-refractivity contribution in [1.82, 2.24) is 5.32 Å². The number of rotatable bonds is 3. The molecule has 6 heteroatoms. The van der Waals surface area contributed by atoms with Crippen LogP contribution in [-0.2, 0) is 17.2 Å². The molecule has 0 spiro atoms. The third-order valence-corrected chi connectivity index (χ3v) is 7.77. The third-order valence-electron chi connectivity index (χ3n) is 6.26. The Hall–Kier alpha value is -3.25. The van der Waals surface area contributed by atoms with Crippen molar-refractivity contribution in [2.75, 3.05) is 11.4 Å². The Balaban J connectivity index is 1.50. The molecule has 1 aliphatic carbocycles. The van der Waals surface area contributed by atoms with Gasteiger partial charge in [-0.05, 0) is 67.6 Å². The first-order valence-corrected chi connectivity index (χ1v) is 12.1. The van der Waals surface area contributed by atoms with E-state index in [4.69, 9.17) is 0 Å². The van der Waals surface area contributed by atoms with Crippen LogP contribution in [0.1, 0.15) is 57.7 Å². The van der Waals surface area contributed by atoms with Gasteiger partial charge in [0.25, 0.3) is 11.8 Å². The monoisotopic (exact) mass is 444 g/mol. The highest BCUT2D eigenvalue weighted by Crippen LogP contribution is 2.35. The van der Waals surface area contributed by atoms with Gasteiger partial charge in [0, 0.05) is 12.1 Å². The fraction of sp³-hybridized carbons (Fsp3) is 0.231. The van der Waals surface area contributed by atoms with Gasteiger partial charge in [-0.25, -0.2) is 4.21 Å². The summed E-state index contributed by atoms with van der Waals surface area (Å²) in [6.07, 6.45) is 2.95. The first kappa shape index (κ1) is 20.6. The molecule has 2 aliphatic rings. The zero-order valence-corrected chi connectivity index (χ0v) is 18.7. The molecule has 162 valence electrons. The van der Waals surface area contributed by atoms with Crippen molar-refractivity contribution in [2.24, 2.45) is 0 Å². The van der Waals surface area contributed by atoms with Crippen LogP contribution in [0.5, 0.6) is 0 Å². The molecule has 5 nitrogen and oxygen atoms in total. The topological polar surface area (TPSA) is 66.5 Å². The SMILES string of the molecule is CCN1C(=O)c2ccccc2[S@@](=O)c2ccc(C(=O)N[C@H]3CCCc4ccccc43)cc21. The molecule has 3 aromatic rings. The van der Waals surface area contributed by atoms with Gasteiger partial charge < -0.3 is 10.2 Å². The number of nitrogens with one attached hydrogen (secondary N) is 1. The standard InChI is InChI=1S/C26H24N2O3S/c1-2-28-22-16-18(25(29)27-21-12-7-9-17-8-3-4-10-19(17)21)14-15-24(22)32(31)23-13-6-5-11-20(23)26(28)30/h3-6,8,10-11,13-16,21H,2,7,9,12H2,1H3,(H,27,29)/t21-,32+/m0/s1. The maximum atomic E-state index is 13.3. The molecule has 5 rings (SSSR count). The maximum absolute atomic E-state index is 13.3. The van der Waals surface area contributed by atoms with Crippen LogP contribution < -0.4 is 10.2 Å². The number of aryl methyl sites for hydroxylation is 1. The van der Waals surface area contributed by atoms with Crippen LogP contribution >= 0.6 is 0 Å². The lowest BCUT2D eigenvalue weighted by Gasteiger charge is -2.27. The molecule has 2 amide bonds. The highest BCUT2D eigenvalue weighted by atomic mass is 32.2. The van der Waals surface area contributed by atoms with E-state index in [0.29, 0.717) is 33.2 Å². The molecule has 0 unspecified atom stereocenters. The second-order valence-corrected chi connectivity index (χ2v) is 9.53. The van der Waals surface area contributed by atoms with Crippen molar-refractivity contribution in [3.63, 3.8) is 0 Å². The lowest BCUT2D eigenvalue weighted by Crippen LogP contribution is -2.32. The van der Waals surface area contributed by atoms with E-state index in [-0.39, 0.29) is 17.9 Å². The zero-order valence-electron chi connectivity index (χ0n) is 17.8. The molecule has 3 aromatic carbocycles. The van der Waals surface area contributed by atoms with Gasteiger partial charge in [-0.3, -0.25) is 9.59 Å². The summed E-state index contributed by atoms with van der Waals surface area (Å²) in [6, 6.07) is 20.3. The van der Waals surface area contributed by atoms with Gasteiger partial charge in [0.05, 0.1) is 37.9 Å². The molecule has 1 N–H and O–H groups in total. The van der Waals surface area contributed by atoms with E-state index in [0.717, 1.165) is 19.3 Å². The highest BCUT2D eigenvalue weighted by molar-refractivity contribution is 7.85. The smallest absolute Gasteiger partial charge is 0.259 e. The summed E-state index contributed by atoms with van der Waals surface area (Å²) >= 11 is 0. The van der Waals surface area contributed by atoms with Crippen LogP contribution in [0.4, 0.5) is 5.69 Å². The Kier molecular flexibility index (Phi) is 5.39. The lowest BCUT2D eigenvalue weighted by atomic mass is 9.87. The number of benzene rings is 3. The van der Waals surface area contributed by atoms with E-state index >= 15 is 0 Å². The van der Waals surface area contributed by atoms with E-state index in [1.165, 1.54) is 11.1 Å². The highest BCUT2D eigenvalue weighted by Gasteiger charge is 2.31. The fourth-order valence-electron chi connectivity index (χ4n) is 4.66. The van der Waals surface area contributed by atoms with Gasteiger partial charge in [-0.2, -0.15) is 0 Å². The third kappa shape index (κ3) is 3.45. The van der Waals surface area contributed by atoms with Gasteiger partial charge in [0.15, 0.2) is 0 Å². The lowest BCUT2D eigenvalue weighted by molar-refractivity contribution is 0.0930. The van der Waals surface area contributed by atoms with Gasteiger partial charge in [0.1, 0.15) is 0 Å². The van der Waals surface area contributed by atoms with Crippen LogP contribution in [0.2, 0.25) is 0 Å². The van der Waals surface area contributed by atoms with E-state index in [2.05, 4.69) is 17.4 Å². The normalized spacial score (nSPS) is 19.4. The van der Waals surface area contributed by atoms with Crippen molar-refractivity contribution < 1.29 is 13.8 Å². The number of nitrogens with zero attached hydrogens (tertiary/aromatic N) is 1. The quantitative estimate of drug-likeness (QED) is 0.640. The Labute approximate surface area is 189 Å². The molecule has 2 atom stereocenters. The summed E-state index contributed by atoms with van der Waals surface area (Å²) in [6.45, 7) is 2.29. The molecule has 0 aromatic heterocycles. The van der Waals surface area contributed by atoms with Crippen molar-refractivity contribution >= 4 is 28.3 Å². The fourth-order valence-corrected chi connectivity index (χ4v) is 6.01. The van der Waals surface area contributed by atoms with E-state index in [1.807, 2.05) is 19.1 Å². The molecule has 1 aliphatic heterocycles. The molecular weight excluding hydrogens is 420 g/mol. The molecule has 1 heterocycles. The van der Waals surface area contributed by atoms with Gasteiger partial charge in [0.2, 0.25) is 0 Å². The van der Waals surface area contributed by atoms with Crippen molar-refractivity contribution in [2.45, 2.75) is 42.0 Å². The van der Waals surface area contributed by atoms with Crippen LogP contribution in [-0.4, -0.2) is 22.6 Å². The molecular formula is C26H24N2O3S. The summed E-state index contributed by atoms with van der Waals surface area (Å²) in [7, 11) is -1.50. The average Bonchev–Trinajstić information content (AvgIpc) is 2.92. The van der Waals surface area contributed by atoms with Crippen LogP contribution in [0.3, 0.4) is 0 Å². The van der Waals surface area contributed by atoms with Crippen molar-refractivity contribution in [3.05, 3.63) is 89.0 Å². The van der Waals surface area contributed by atoms with E-state index in [1.54, 1.807) is 47.4 Å². The van der Waals surface area contributed by atoms with Crippen molar-refractivity contribution in [1.29, 1.82) is 0 Å². The van der Waals surface area contributed by atoms with Gasteiger partial charge >= 0.3 is 0 Å². The van der Waals surface area contributed by atoms with Crippen molar-refractivity contribution in [3.8, 4) is 0 Å². The minimum absolute atomic E-state index is 0.0337. The van der Waals surface area contributed by atoms with Crippen LogP contribution in [0.25, 0.3) is 0 Å². The number of hydrogen-bond donors (Lipinski definition) is 1. The number of fused-ring (bicyclic) bond motifs is 3. The number of hydrogen-bond acceptors (Lipinski definition) is 3. The molecule has 0 saturated heterocycles. The predicted molar refractivity (Wildman–Crippen MR) is 124 cm³/mol. The van der Waals surface area contributed by atoms with E-state index < -0.39 is 10.8 Å². The number of carbonyl (C=O) groups excluding carboxylic acids is 2. The first-order valence-electron chi connectivity index (χ1n) is 10.9. The Bertz CT molecular complexity index is 1250. The first-order chi connectivity index (χ1) is 15.6. The Morgan fingerprint density at radius 3 is 2.69 bits per heavy atom. The molecule has 0 bridgehead atoms. The van der Waals surface area contributed by atoms with Crippen LogP contribution in [0, 0.1) is 0 Å². The summed E-state index contributed by atoms with van der Waals surface area (Å²) in [5, 5.41) is 3.17. The van der Waals surface area contributed by atoms with E-state index in [9.17, 15) is 13.8 Å². The predicted octanol–water partition coefficient (Wildman–Crippen LogP) is 4.64. The van der Waals surface area contributed by atoms with Gasteiger partial charge in [-0.1, -0.05) is 36.4 Å². The Morgan fingerprint density at radius 1 is 1.06 bits per heavy atom. The summed E-state index contributed by atoms with van der Waals surface area (Å²) in [4.78, 5) is 29.0. The number of carbonyl (C=O) groups is 2. The largest absolute Gasteiger partial charge is 0.345 e. The molecule has 0 fully saturated rings. The summed E-state index contributed by atoms with van der Waals surface area (Å²) in [5.74, 6) is -0.389. The minimum atomic E-state index is -1.50.